The van der Waals surface area contributed by atoms with Crippen molar-refractivity contribution in [2.45, 2.75) is 19.4 Å². The Morgan fingerprint density at radius 3 is 2.46 bits per heavy atom. The highest BCUT2D eigenvalue weighted by Gasteiger charge is 2.17. The first kappa shape index (κ1) is 26.7. The number of anilines is 1. The molecule has 8 nitrogen and oxygen atoms in total. The van der Waals surface area contributed by atoms with Crippen LogP contribution in [-0.2, 0) is 13.0 Å². The molecule has 0 unspecified atom stereocenters. The average Bonchev–Trinajstić information content (AvgIpc) is 2.95. The minimum absolute atomic E-state index is 0.225. The summed E-state index contributed by atoms with van der Waals surface area (Å²) in [6.45, 7) is 5.53. The van der Waals surface area contributed by atoms with Gasteiger partial charge in [0.25, 0.3) is 11.5 Å². The van der Waals surface area contributed by atoms with Crippen LogP contribution in [0.4, 0.5) is 5.69 Å². The second-order valence-corrected chi connectivity index (χ2v) is 10.2. The lowest BCUT2D eigenvalue weighted by atomic mass is 10.1. The molecule has 4 aromatic rings. The normalized spacial score (nSPS) is 14.0. The predicted octanol–water partition coefficient (Wildman–Crippen LogP) is 3.53. The van der Waals surface area contributed by atoms with Crippen LogP contribution in [0.1, 0.15) is 22.3 Å². The molecule has 1 aromatic heterocycles. The maximum Gasteiger partial charge on any atom is 0.328 e. The summed E-state index contributed by atoms with van der Waals surface area (Å²) in [7, 11) is 0. The molecule has 9 heteroatoms. The summed E-state index contributed by atoms with van der Waals surface area (Å²) in [6, 6.07) is 22.5. The molecule has 202 valence electrons. The molecule has 1 fully saturated rings. The smallest absolute Gasteiger partial charge is 0.328 e. The topological polar surface area (TPSA) is 90.4 Å². The van der Waals surface area contributed by atoms with Crippen molar-refractivity contribution >= 4 is 34.1 Å². The molecule has 1 aliphatic heterocycles. The Morgan fingerprint density at radius 2 is 1.69 bits per heavy atom. The molecule has 0 aliphatic carbocycles. The predicted molar refractivity (Wildman–Crippen MR) is 156 cm³/mol. The molecule has 0 saturated carbocycles. The number of nitrogens with zero attached hydrogens (tertiary/aromatic N) is 3. The van der Waals surface area contributed by atoms with Crippen molar-refractivity contribution in [3.63, 3.8) is 0 Å². The van der Waals surface area contributed by atoms with Gasteiger partial charge in [0.2, 0.25) is 0 Å². The summed E-state index contributed by atoms with van der Waals surface area (Å²) < 4.78 is 1.21. The van der Waals surface area contributed by atoms with Crippen molar-refractivity contribution in [1.29, 1.82) is 0 Å². The van der Waals surface area contributed by atoms with Gasteiger partial charge in [-0.1, -0.05) is 48.0 Å². The number of H-pyrrole nitrogens is 1. The number of amides is 1. The van der Waals surface area contributed by atoms with Crippen molar-refractivity contribution in [3.05, 3.63) is 110 Å². The SMILES string of the molecule is O=C(NCCCN1CCN(c2cccc(Cl)c2)CC1)c1ccc2c(=O)n(CCc3ccccc3)c(=O)[nH]c2c1. The first-order valence-electron chi connectivity index (χ1n) is 13.3. The van der Waals surface area contributed by atoms with Gasteiger partial charge >= 0.3 is 5.69 Å². The Morgan fingerprint density at radius 1 is 0.897 bits per heavy atom. The minimum atomic E-state index is -0.476. The van der Waals surface area contributed by atoms with Gasteiger partial charge in [0.05, 0.1) is 10.9 Å². The first-order valence-corrected chi connectivity index (χ1v) is 13.7. The molecule has 2 N–H and O–H groups in total. The Bertz CT molecular complexity index is 1560. The van der Waals surface area contributed by atoms with Crippen LogP contribution in [0, 0.1) is 0 Å². The van der Waals surface area contributed by atoms with E-state index in [0.29, 0.717) is 29.4 Å². The van der Waals surface area contributed by atoms with Crippen LogP contribution in [0.5, 0.6) is 0 Å². The lowest BCUT2D eigenvalue weighted by molar-refractivity contribution is 0.0951. The maximum atomic E-state index is 13.0. The molecule has 2 heterocycles. The van der Waals surface area contributed by atoms with Crippen LogP contribution in [0.25, 0.3) is 10.9 Å². The monoisotopic (exact) mass is 545 g/mol. The van der Waals surface area contributed by atoms with Crippen LogP contribution >= 0.6 is 11.6 Å². The van der Waals surface area contributed by atoms with Crippen molar-refractivity contribution in [3.8, 4) is 0 Å². The molecule has 0 radical (unpaired) electrons. The largest absolute Gasteiger partial charge is 0.369 e. The number of carbonyl (C=O) groups is 1. The molecule has 3 aromatic carbocycles. The Balaban J connectivity index is 1.12. The van der Waals surface area contributed by atoms with Gasteiger partial charge in [-0.3, -0.25) is 19.1 Å². The molecule has 0 spiro atoms. The lowest BCUT2D eigenvalue weighted by Gasteiger charge is -2.36. The number of aromatic nitrogens is 2. The number of piperazine rings is 1. The third-order valence-corrected chi connectivity index (χ3v) is 7.43. The van der Waals surface area contributed by atoms with Gasteiger partial charge < -0.3 is 15.2 Å². The summed E-state index contributed by atoms with van der Waals surface area (Å²) in [5, 5.41) is 4.09. The fourth-order valence-electron chi connectivity index (χ4n) is 4.99. The zero-order chi connectivity index (χ0) is 27.2. The van der Waals surface area contributed by atoms with E-state index in [9.17, 15) is 14.4 Å². The highest BCUT2D eigenvalue weighted by molar-refractivity contribution is 6.30. The van der Waals surface area contributed by atoms with Crippen molar-refractivity contribution < 1.29 is 4.79 Å². The molecule has 1 amide bonds. The zero-order valence-electron chi connectivity index (χ0n) is 21.7. The van der Waals surface area contributed by atoms with E-state index in [0.717, 1.165) is 55.4 Å². The van der Waals surface area contributed by atoms with Gasteiger partial charge in [-0.2, -0.15) is 0 Å². The van der Waals surface area contributed by atoms with Crippen molar-refractivity contribution in [2.24, 2.45) is 0 Å². The maximum absolute atomic E-state index is 13.0. The van der Waals surface area contributed by atoms with Gasteiger partial charge in [-0.25, -0.2) is 4.79 Å². The lowest BCUT2D eigenvalue weighted by Crippen LogP contribution is -2.47. The van der Waals surface area contributed by atoms with E-state index in [1.54, 1.807) is 18.2 Å². The highest BCUT2D eigenvalue weighted by Crippen LogP contribution is 2.20. The van der Waals surface area contributed by atoms with Crippen LogP contribution < -0.4 is 21.5 Å². The first-order chi connectivity index (χ1) is 19.0. The van der Waals surface area contributed by atoms with E-state index in [-0.39, 0.29) is 18.0 Å². The number of rotatable bonds is 9. The fraction of sp³-hybridized carbons (Fsp3) is 0.300. The van der Waals surface area contributed by atoms with Crippen LogP contribution in [0.2, 0.25) is 5.02 Å². The van der Waals surface area contributed by atoms with E-state index in [2.05, 4.69) is 26.2 Å². The van der Waals surface area contributed by atoms with Crippen molar-refractivity contribution in [2.75, 3.05) is 44.2 Å². The number of nitrogens with one attached hydrogen (secondary N) is 2. The molecule has 5 rings (SSSR count). The summed E-state index contributed by atoms with van der Waals surface area (Å²) in [5.74, 6) is -0.225. The number of hydrogen-bond donors (Lipinski definition) is 2. The van der Waals surface area contributed by atoms with Crippen LogP contribution in [0.3, 0.4) is 0 Å². The zero-order valence-corrected chi connectivity index (χ0v) is 22.5. The summed E-state index contributed by atoms with van der Waals surface area (Å²) in [5.41, 5.74) is 2.15. The minimum Gasteiger partial charge on any atom is -0.369 e. The Labute approximate surface area is 231 Å². The van der Waals surface area contributed by atoms with Gasteiger partial charge in [0, 0.05) is 55.5 Å². The van der Waals surface area contributed by atoms with E-state index >= 15 is 0 Å². The third kappa shape index (κ3) is 6.58. The number of aromatic amines is 1. The Kier molecular flexibility index (Phi) is 8.44. The van der Waals surface area contributed by atoms with E-state index in [1.165, 1.54) is 4.57 Å². The van der Waals surface area contributed by atoms with Crippen LogP contribution in [0.15, 0.2) is 82.4 Å². The standard InChI is InChI=1S/C30H32ClN5O3/c31-24-8-4-9-25(21-24)35-18-16-34(17-19-35)14-5-13-32-28(37)23-10-11-26-27(20-23)33-30(39)36(29(26)38)15-12-22-6-2-1-3-7-22/h1-4,6-11,20-21H,5,12-19H2,(H,32,37)(H,33,39). The van der Waals surface area contributed by atoms with Gasteiger partial charge in [-0.05, 0) is 61.3 Å². The number of carbonyl (C=O) groups excluding carboxylic acids is 1. The van der Waals surface area contributed by atoms with E-state index < -0.39 is 5.69 Å². The second kappa shape index (κ2) is 12.3. The van der Waals surface area contributed by atoms with Gasteiger partial charge in [0.15, 0.2) is 0 Å². The summed E-state index contributed by atoms with van der Waals surface area (Å²) >= 11 is 6.12. The molecular weight excluding hydrogens is 514 g/mol. The number of halogens is 1. The fourth-order valence-corrected chi connectivity index (χ4v) is 5.18. The number of aryl methyl sites for hydroxylation is 1. The van der Waals surface area contributed by atoms with E-state index in [1.807, 2.05) is 48.5 Å². The molecular formula is C30H32ClN5O3. The Hall–Kier alpha value is -3.88. The molecule has 0 atom stereocenters. The van der Waals surface area contributed by atoms with E-state index in [4.69, 9.17) is 11.6 Å². The number of hydrogen-bond acceptors (Lipinski definition) is 5. The van der Waals surface area contributed by atoms with Crippen molar-refractivity contribution in [1.82, 2.24) is 19.8 Å². The summed E-state index contributed by atoms with van der Waals surface area (Å²) in [6.07, 6.45) is 1.41. The molecule has 39 heavy (non-hydrogen) atoms. The highest BCUT2D eigenvalue weighted by atomic mass is 35.5. The van der Waals surface area contributed by atoms with Gasteiger partial charge in [0.1, 0.15) is 0 Å². The molecule has 1 saturated heterocycles. The quantitative estimate of drug-likeness (QED) is 0.314. The molecule has 1 aliphatic rings. The molecule has 0 bridgehead atoms. The second-order valence-electron chi connectivity index (χ2n) is 9.80. The third-order valence-electron chi connectivity index (χ3n) is 7.19. The average molecular weight is 546 g/mol. The number of fused-ring (bicyclic) bond motifs is 1. The summed E-state index contributed by atoms with van der Waals surface area (Å²) in [4.78, 5) is 45.8. The van der Waals surface area contributed by atoms with Crippen LogP contribution in [-0.4, -0.2) is 59.6 Å². The number of benzene rings is 3. The van der Waals surface area contributed by atoms with Gasteiger partial charge in [-0.15, -0.1) is 0 Å².